The van der Waals surface area contributed by atoms with Gasteiger partial charge < -0.3 is 9.64 Å². The van der Waals surface area contributed by atoms with Gasteiger partial charge in [0.2, 0.25) is 0 Å². The predicted octanol–water partition coefficient (Wildman–Crippen LogP) is 2.27. The van der Waals surface area contributed by atoms with Crippen molar-refractivity contribution in [3.8, 4) is 0 Å². The van der Waals surface area contributed by atoms with Crippen LogP contribution in [0.25, 0.3) is 0 Å². The molecule has 0 radical (unpaired) electrons. The molecule has 0 spiro atoms. The van der Waals surface area contributed by atoms with Crippen LogP contribution in [-0.2, 0) is 11.3 Å². The lowest BCUT2D eigenvalue weighted by molar-refractivity contribution is -0.162. The monoisotopic (exact) mass is 254 g/mol. The molecule has 1 aromatic heterocycles. The van der Waals surface area contributed by atoms with Crippen LogP contribution in [0.2, 0.25) is 0 Å². The van der Waals surface area contributed by atoms with Gasteiger partial charge in [0.1, 0.15) is 0 Å². The first kappa shape index (κ1) is 12.8. The zero-order chi connectivity index (χ0) is 12.2. The van der Waals surface area contributed by atoms with E-state index in [4.69, 9.17) is 0 Å². The van der Waals surface area contributed by atoms with Gasteiger partial charge in [0, 0.05) is 12.4 Å². The summed E-state index contributed by atoms with van der Waals surface area (Å²) in [5, 5.41) is 1.70. The van der Waals surface area contributed by atoms with E-state index in [2.05, 4.69) is 9.72 Å². The minimum absolute atomic E-state index is 0.125. The molecule has 0 aliphatic rings. The molecule has 1 amide bonds. The number of ether oxygens (including phenoxy) is 1. The van der Waals surface area contributed by atoms with E-state index in [0.29, 0.717) is 5.69 Å². The van der Waals surface area contributed by atoms with Crippen LogP contribution < -0.4 is 0 Å². The number of amides is 1. The summed E-state index contributed by atoms with van der Waals surface area (Å²) in [5.74, 6) is 0. The van der Waals surface area contributed by atoms with Crippen LogP contribution >= 0.6 is 11.3 Å². The lowest BCUT2D eigenvalue weighted by Gasteiger charge is -2.16. The Morgan fingerprint density at radius 3 is 2.81 bits per heavy atom. The average molecular weight is 254 g/mol. The number of carbonyl (C=O) groups is 1. The molecule has 1 aromatic rings. The Kier molecular flexibility index (Phi) is 4.11. The Bertz CT molecular complexity index is 340. The minimum Gasteiger partial charge on any atom is -0.440 e. The number of halogens is 3. The van der Waals surface area contributed by atoms with Gasteiger partial charge in [-0.3, -0.25) is 0 Å². The summed E-state index contributed by atoms with van der Waals surface area (Å²) in [4.78, 5) is 16.0. The van der Waals surface area contributed by atoms with Crippen LogP contribution in [0.4, 0.5) is 18.0 Å². The Morgan fingerprint density at radius 1 is 1.62 bits per heavy atom. The second kappa shape index (κ2) is 5.15. The highest BCUT2D eigenvalue weighted by Crippen LogP contribution is 2.15. The molecule has 1 rings (SSSR count). The summed E-state index contributed by atoms with van der Waals surface area (Å²) in [5.41, 5.74) is 2.18. The summed E-state index contributed by atoms with van der Waals surface area (Å²) in [6, 6.07) is 0. The van der Waals surface area contributed by atoms with E-state index in [-0.39, 0.29) is 6.54 Å². The van der Waals surface area contributed by atoms with Crippen molar-refractivity contribution in [2.45, 2.75) is 12.7 Å². The maximum Gasteiger partial charge on any atom is 0.422 e. The molecule has 0 bridgehead atoms. The van der Waals surface area contributed by atoms with Crippen molar-refractivity contribution in [3.63, 3.8) is 0 Å². The number of alkyl halides is 3. The first-order valence-electron chi connectivity index (χ1n) is 4.20. The molecular weight excluding hydrogens is 245 g/mol. The molecule has 16 heavy (non-hydrogen) atoms. The molecule has 0 aliphatic heterocycles. The van der Waals surface area contributed by atoms with Crippen molar-refractivity contribution in [2.24, 2.45) is 0 Å². The van der Waals surface area contributed by atoms with E-state index < -0.39 is 18.9 Å². The molecule has 0 N–H and O–H groups in total. The van der Waals surface area contributed by atoms with Gasteiger partial charge in [-0.15, -0.1) is 11.3 Å². The topological polar surface area (TPSA) is 42.4 Å². The third-order valence-corrected chi connectivity index (χ3v) is 2.19. The standard InChI is InChI=1S/C8H9F3N2O2S/c1-13(2-6-3-16-5-12-6)7(14)15-4-8(9,10)11/h3,5H,2,4H2,1H3. The van der Waals surface area contributed by atoms with E-state index in [0.717, 1.165) is 4.90 Å². The molecular formula is C8H9F3N2O2S. The van der Waals surface area contributed by atoms with Crippen LogP contribution in [0, 0.1) is 0 Å². The van der Waals surface area contributed by atoms with Gasteiger partial charge in [-0.2, -0.15) is 13.2 Å². The quantitative estimate of drug-likeness (QED) is 0.831. The van der Waals surface area contributed by atoms with Gasteiger partial charge >= 0.3 is 12.3 Å². The first-order valence-corrected chi connectivity index (χ1v) is 5.14. The van der Waals surface area contributed by atoms with Crippen LogP contribution in [0.3, 0.4) is 0 Å². The summed E-state index contributed by atoms with van der Waals surface area (Å²) >= 11 is 1.34. The Morgan fingerprint density at radius 2 is 2.31 bits per heavy atom. The second-order valence-electron chi connectivity index (χ2n) is 3.01. The van der Waals surface area contributed by atoms with E-state index in [1.54, 1.807) is 10.9 Å². The van der Waals surface area contributed by atoms with Crippen molar-refractivity contribution < 1.29 is 22.7 Å². The van der Waals surface area contributed by atoms with Crippen LogP contribution in [0.1, 0.15) is 5.69 Å². The largest absolute Gasteiger partial charge is 0.440 e. The third kappa shape index (κ3) is 4.47. The highest BCUT2D eigenvalue weighted by atomic mass is 32.1. The number of thiazole rings is 1. The smallest absolute Gasteiger partial charge is 0.422 e. The number of hydrogen-bond acceptors (Lipinski definition) is 4. The summed E-state index contributed by atoms with van der Waals surface area (Å²) in [6.45, 7) is -1.45. The van der Waals surface area contributed by atoms with Crippen LogP contribution in [0.15, 0.2) is 10.9 Å². The molecule has 0 saturated carbocycles. The molecule has 8 heteroatoms. The lowest BCUT2D eigenvalue weighted by atomic mass is 10.4. The van der Waals surface area contributed by atoms with Gasteiger partial charge in [0.25, 0.3) is 0 Å². The Labute approximate surface area is 93.6 Å². The van der Waals surface area contributed by atoms with Crippen molar-refractivity contribution in [3.05, 3.63) is 16.6 Å². The number of rotatable bonds is 3. The van der Waals surface area contributed by atoms with E-state index in [1.807, 2.05) is 0 Å². The first-order chi connectivity index (χ1) is 7.38. The normalized spacial score (nSPS) is 11.2. The Hall–Kier alpha value is -1.31. The van der Waals surface area contributed by atoms with Gasteiger partial charge in [-0.05, 0) is 0 Å². The fourth-order valence-electron chi connectivity index (χ4n) is 0.877. The fraction of sp³-hybridized carbons (Fsp3) is 0.500. The van der Waals surface area contributed by atoms with Crippen molar-refractivity contribution in [1.82, 2.24) is 9.88 Å². The highest BCUT2D eigenvalue weighted by molar-refractivity contribution is 7.07. The SMILES string of the molecule is CN(Cc1cscn1)C(=O)OCC(F)(F)F. The highest BCUT2D eigenvalue weighted by Gasteiger charge is 2.30. The molecule has 0 aromatic carbocycles. The second-order valence-corrected chi connectivity index (χ2v) is 3.72. The van der Waals surface area contributed by atoms with Crippen molar-refractivity contribution in [1.29, 1.82) is 0 Å². The summed E-state index contributed by atoms with van der Waals surface area (Å²) < 4.78 is 39.3. The molecule has 1 heterocycles. The van der Waals surface area contributed by atoms with E-state index in [1.165, 1.54) is 18.4 Å². The van der Waals surface area contributed by atoms with Crippen molar-refractivity contribution >= 4 is 17.4 Å². The molecule has 0 atom stereocenters. The summed E-state index contributed by atoms with van der Waals surface area (Å²) in [7, 11) is 1.35. The van der Waals surface area contributed by atoms with E-state index in [9.17, 15) is 18.0 Å². The summed E-state index contributed by atoms with van der Waals surface area (Å²) in [6.07, 6.45) is -5.53. The molecule has 0 unspecified atom stereocenters. The van der Waals surface area contributed by atoms with Gasteiger partial charge in [-0.25, -0.2) is 9.78 Å². The number of hydrogen-bond donors (Lipinski definition) is 0. The minimum atomic E-state index is -4.50. The van der Waals surface area contributed by atoms with Crippen molar-refractivity contribution in [2.75, 3.05) is 13.7 Å². The van der Waals surface area contributed by atoms with Gasteiger partial charge in [0.15, 0.2) is 6.61 Å². The average Bonchev–Trinajstić information content (AvgIpc) is 2.65. The molecule has 4 nitrogen and oxygen atoms in total. The third-order valence-electron chi connectivity index (χ3n) is 1.55. The zero-order valence-corrected chi connectivity index (χ0v) is 9.14. The Balaban J connectivity index is 2.37. The van der Waals surface area contributed by atoms with Crippen LogP contribution in [0.5, 0.6) is 0 Å². The predicted molar refractivity (Wildman–Crippen MR) is 51.0 cm³/mol. The number of aromatic nitrogens is 1. The number of carbonyl (C=O) groups excluding carboxylic acids is 1. The molecule has 0 aliphatic carbocycles. The van der Waals surface area contributed by atoms with Gasteiger partial charge in [0.05, 0.1) is 17.7 Å². The van der Waals surface area contributed by atoms with Gasteiger partial charge in [-0.1, -0.05) is 0 Å². The zero-order valence-electron chi connectivity index (χ0n) is 8.32. The van der Waals surface area contributed by atoms with Crippen LogP contribution in [-0.4, -0.2) is 35.8 Å². The number of nitrogens with zero attached hydrogens (tertiary/aromatic N) is 2. The molecule has 0 fully saturated rings. The maximum absolute atomic E-state index is 11.8. The fourth-order valence-corrected chi connectivity index (χ4v) is 1.43. The molecule has 0 saturated heterocycles. The maximum atomic E-state index is 11.8. The lowest BCUT2D eigenvalue weighted by Crippen LogP contribution is -2.30. The molecule has 90 valence electrons. The van der Waals surface area contributed by atoms with E-state index >= 15 is 0 Å².